The quantitative estimate of drug-likeness (QED) is 0.364. The molecule has 0 fully saturated rings. The Balaban J connectivity index is 1.42. The molecule has 7 heteroatoms. The zero-order chi connectivity index (χ0) is 21.9. The number of benzene rings is 2. The van der Waals surface area contributed by atoms with Gasteiger partial charge in [0.05, 0.1) is 16.7 Å². The summed E-state index contributed by atoms with van der Waals surface area (Å²) in [7, 11) is 0. The second kappa shape index (κ2) is 8.31. The van der Waals surface area contributed by atoms with E-state index in [1.54, 1.807) is 42.7 Å². The predicted molar refractivity (Wildman–Crippen MR) is 125 cm³/mol. The van der Waals surface area contributed by atoms with Crippen molar-refractivity contribution in [1.82, 2.24) is 19.9 Å². The molecule has 3 aromatic heterocycles. The first-order valence-corrected chi connectivity index (χ1v) is 10.2. The van der Waals surface area contributed by atoms with E-state index in [1.807, 2.05) is 42.6 Å². The number of hydrogen-bond donors (Lipinski definition) is 3. The SMILES string of the molecule is Nc1ccc(NC(=O)c2cccc(Cc3nc(-c4cccnc4)c4[nH]ccc4n3)c2)cc1. The van der Waals surface area contributed by atoms with Gasteiger partial charge >= 0.3 is 0 Å². The summed E-state index contributed by atoms with van der Waals surface area (Å²) in [4.78, 5) is 29.6. The Morgan fingerprint density at radius 1 is 1.00 bits per heavy atom. The number of aromatic amines is 1. The smallest absolute Gasteiger partial charge is 0.255 e. The van der Waals surface area contributed by atoms with Crippen molar-refractivity contribution >= 4 is 28.3 Å². The second-order valence-electron chi connectivity index (χ2n) is 7.42. The van der Waals surface area contributed by atoms with Gasteiger partial charge in [-0.1, -0.05) is 12.1 Å². The molecular formula is C25H20N6O. The third-order valence-electron chi connectivity index (χ3n) is 5.11. The number of nitrogens with one attached hydrogen (secondary N) is 2. The summed E-state index contributed by atoms with van der Waals surface area (Å²) in [5, 5.41) is 2.89. The van der Waals surface area contributed by atoms with Crippen LogP contribution in [0, 0.1) is 0 Å². The molecular weight excluding hydrogens is 400 g/mol. The van der Waals surface area contributed by atoms with Crippen LogP contribution in [0.2, 0.25) is 0 Å². The van der Waals surface area contributed by atoms with E-state index in [9.17, 15) is 4.79 Å². The van der Waals surface area contributed by atoms with Gasteiger partial charge in [-0.2, -0.15) is 0 Å². The van der Waals surface area contributed by atoms with E-state index >= 15 is 0 Å². The van der Waals surface area contributed by atoms with Crippen LogP contribution in [0.5, 0.6) is 0 Å². The van der Waals surface area contributed by atoms with Gasteiger partial charge < -0.3 is 16.0 Å². The Morgan fingerprint density at radius 3 is 2.69 bits per heavy atom. The fourth-order valence-corrected chi connectivity index (χ4v) is 3.56. The van der Waals surface area contributed by atoms with Gasteiger partial charge in [-0.05, 0) is 60.2 Å². The maximum Gasteiger partial charge on any atom is 0.255 e. The number of nitrogens with two attached hydrogens (primary N) is 1. The largest absolute Gasteiger partial charge is 0.399 e. The number of nitrogen functional groups attached to an aromatic ring is 1. The zero-order valence-corrected chi connectivity index (χ0v) is 17.1. The minimum Gasteiger partial charge on any atom is -0.399 e. The third kappa shape index (κ3) is 4.04. The Morgan fingerprint density at radius 2 is 1.88 bits per heavy atom. The van der Waals surface area contributed by atoms with Crippen molar-refractivity contribution in [2.24, 2.45) is 0 Å². The van der Waals surface area contributed by atoms with Crippen LogP contribution in [0.4, 0.5) is 11.4 Å². The summed E-state index contributed by atoms with van der Waals surface area (Å²) in [5.74, 6) is 0.488. The molecule has 0 atom stereocenters. The first kappa shape index (κ1) is 19.4. The molecule has 32 heavy (non-hydrogen) atoms. The van der Waals surface area contributed by atoms with E-state index in [0.717, 1.165) is 27.9 Å². The molecule has 0 saturated heterocycles. The number of anilines is 2. The van der Waals surface area contributed by atoms with Crippen molar-refractivity contribution in [3.63, 3.8) is 0 Å². The number of H-pyrrole nitrogens is 1. The third-order valence-corrected chi connectivity index (χ3v) is 5.11. The molecule has 0 spiro atoms. The average molecular weight is 420 g/mol. The van der Waals surface area contributed by atoms with E-state index in [1.165, 1.54) is 0 Å². The van der Waals surface area contributed by atoms with Crippen LogP contribution in [-0.2, 0) is 6.42 Å². The summed E-state index contributed by atoms with van der Waals surface area (Å²) in [6.07, 6.45) is 5.87. The highest BCUT2D eigenvalue weighted by atomic mass is 16.1. The predicted octanol–water partition coefficient (Wildman–Crippen LogP) is 4.45. The fourth-order valence-electron chi connectivity index (χ4n) is 3.56. The summed E-state index contributed by atoms with van der Waals surface area (Å²) < 4.78 is 0. The van der Waals surface area contributed by atoms with Crippen LogP contribution in [-0.4, -0.2) is 25.8 Å². The molecule has 2 aromatic carbocycles. The lowest BCUT2D eigenvalue weighted by Gasteiger charge is -2.09. The molecule has 0 unspecified atom stereocenters. The van der Waals surface area contributed by atoms with Crippen molar-refractivity contribution in [2.45, 2.75) is 6.42 Å². The Bertz CT molecular complexity index is 1390. The molecule has 7 nitrogen and oxygen atoms in total. The lowest BCUT2D eigenvalue weighted by molar-refractivity contribution is 0.102. The topological polar surface area (TPSA) is 110 Å². The highest BCUT2D eigenvalue weighted by Gasteiger charge is 2.13. The van der Waals surface area contributed by atoms with Crippen LogP contribution in [0.1, 0.15) is 21.7 Å². The molecule has 156 valence electrons. The van der Waals surface area contributed by atoms with Crippen molar-refractivity contribution < 1.29 is 4.79 Å². The molecule has 0 aliphatic carbocycles. The van der Waals surface area contributed by atoms with Gasteiger partial charge in [0, 0.05) is 47.5 Å². The van der Waals surface area contributed by atoms with Gasteiger partial charge in [0.25, 0.3) is 5.91 Å². The zero-order valence-electron chi connectivity index (χ0n) is 17.1. The van der Waals surface area contributed by atoms with E-state index < -0.39 is 0 Å². The number of carbonyl (C=O) groups excluding carboxylic acids is 1. The van der Waals surface area contributed by atoms with Crippen molar-refractivity contribution in [3.8, 4) is 11.3 Å². The molecule has 0 aliphatic heterocycles. The van der Waals surface area contributed by atoms with E-state index in [-0.39, 0.29) is 5.91 Å². The van der Waals surface area contributed by atoms with E-state index in [0.29, 0.717) is 29.2 Å². The molecule has 3 heterocycles. The summed E-state index contributed by atoms with van der Waals surface area (Å²) in [6.45, 7) is 0. The average Bonchev–Trinajstić information content (AvgIpc) is 3.29. The molecule has 0 aliphatic rings. The number of amides is 1. The lowest BCUT2D eigenvalue weighted by Crippen LogP contribution is -2.12. The van der Waals surface area contributed by atoms with Gasteiger partial charge in [0.1, 0.15) is 5.82 Å². The van der Waals surface area contributed by atoms with Gasteiger partial charge in [-0.3, -0.25) is 9.78 Å². The van der Waals surface area contributed by atoms with Gasteiger partial charge in [0.2, 0.25) is 0 Å². The number of aromatic nitrogens is 4. The highest BCUT2D eigenvalue weighted by Crippen LogP contribution is 2.25. The highest BCUT2D eigenvalue weighted by molar-refractivity contribution is 6.04. The fraction of sp³-hybridized carbons (Fsp3) is 0.0400. The molecule has 0 radical (unpaired) electrons. The van der Waals surface area contributed by atoms with Gasteiger partial charge in [-0.25, -0.2) is 9.97 Å². The summed E-state index contributed by atoms with van der Waals surface area (Å²) in [5.41, 5.74) is 12.0. The summed E-state index contributed by atoms with van der Waals surface area (Å²) in [6, 6.07) is 20.3. The van der Waals surface area contributed by atoms with Crippen molar-refractivity contribution in [2.75, 3.05) is 11.1 Å². The molecule has 4 N–H and O–H groups in total. The number of nitrogens with zero attached hydrogens (tertiary/aromatic N) is 3. The molecule has 0 bridgehead atoms. The van der Waals surface area contributed by atoms with Crippen LogP contribution in [0.15, 0.2) is 85.3 Å². The number of carbonyl (C=O) groups is 1. The van der Waals surface area contributed by atoms with Crippen LogP contribution in [0.25, 0.3) is 22.3 Å². The van der Waals surface area contributed by atoms with Gasteiger partial charge in [-0.15, -0.1) is 0 Å². The Kier molecular flexibility index (Phi) is 5.05. The van der Waals surface area contributed by atoms with E-state index in [4.69, 9.17) is 15.7 Å². The number of fused-ring (bicyclic) bond motifs is 1. The van der Waals surface area contributed by atoms with Crippen LogP contribution >= 0.6 is 0 Å². The van der Waals surface area contributed by atoms with Crippen LogP contribution in [0.3, 0.4) is 0 Å². The first-order chi connectivity index (χ1) is 15.7. The Hall–Kier alpha value is -4.52. The normalized spacial score (nSPS) is 10.9. The Labute approximate surface area is 184 Å². The maximum absolute atomic E-state index is 12.7. The van der Waals surface area contributed by atoms with Crippen molar-refractivity contribution in [3.05, 3.63) is 102 Å². The minimum absolute atomic E-state index is 0.185. The minimum atomic E-state index is -0.185. The van der Waals surface area contributed by atoms with Gasteiger partial charge in [0.15, 0.2) is 0 Å². The molecule has 1 amide bonds. The lowest BCUT2D eigenvalue weighted by atomic mass is 10.1. The molecule has 0 saturated carbocycles. The molecule has 5 aromatic rings. The number of hydrogen-bond acceptors (Lipinski definition) is 5. The standard InChI is InChI=1S/C25H20N6O/c26-19-6-8-20(9-7-19)29-25(32)17-4-1-3-16(13-17)14-22-30-21-10-12-28-24(21)23(31-22)18-5-2-11-27-15-18/h1-13,15,28H,14,26H2,(H,29,32). The monoisotopic (exact) mass is 420 g/mol. The van der Waals surface area contributed by atoms with Crippen molar-refractivity contribution in [1.29, 1.82) is 0 Å². The second-order valence-corrected chi connectivity index (χ2v) is 7.42. The first-order valence-electron chi connectivity index (χ1n) is 10.2. The molecule has 5 rings (SSSR count). The summed E-state index contributed by atoms with van der Waals surface area (Å²) >= 11 is 0. The number of rotatable bonds is 5. The maximum atomic E-state index is 12.7. The van der Waals surface area contributed by atoms with Crippen LogP contribution < -0.4 is 11.1 Å². The van der Waals surface area contributed by atoms with E-state index in [2.05, 4.69) is 15.3 Å². The number of pyridine rings is 1.